The number of aliphatic hydroxyl groups is 1. The topological polar surface area (TPSA) is 140 Å². The highest BCUT2D eigenvalue weighted by atomic mass is 16.6. The Morgan fingerprint density at radius 1 is 0.976 bits per heavy atom. The third-order valence-corrected chi connectivity index (χ3v) is 6.78. The summed E-state index contributed by atoms with van der Waals surface area (Å²) in [5.74, 6) is 1.67. The second-order valence-electron chi connectivity index (χ2n) is 9.99. The van der Waals surface area contributed by atoms with Crippen molar-refractivity contribution in [2.45, 2.75) is 25.5 Å². The summed E-state index contributed by atoms with van der Waals surface area (Å²) in [6, 6.07) is 20.4. The van der Waals surface area contributed by atoms with E-state index in [1.807, 2.05) is 74.5 Å². The van der Waals surface area contributed by atoms with E-state index in [2.05, 4.69) is 30.8 Å². The van der Waals surface area contributed by atoms with Crippen molar-refractivity contribution in [3.63, 3.8) is 0 Å². The van der Waals surface area contributed by atoms with Crippen LogP contribution in [0.1, 0.15) is 31.1 Å². The summed E-state index contributed by atoms with van der Waals surface area (Å²) in [5.41, 5.74) is 3.76. The zero-order valence-electron chi connectivity index (χ0n) is 22.8. The van der Waals surface area contributed by atoms with Gasteiger partial charge in [0.25, 0.3) is 11.8 Å². The van der Waals surface area contributed by atoms with E-state index in [9.17, 15) is 5.11 Å². The van der Waals surface area contributed by atoms with Crippen molar-refractivity contribution in [3.05, 3.63) is 90.4 Å². The molecule has 0 spiro atoms. The van der Waals surface area contributed by atoms with E-state index >= 15 is 0 Å². The standard InChI is InChI=1S/C29H28BN7O4/c1-29(2)26-20(30(39-3)41-29)12-13-24(35-26)34-25-15-22(33-23(17-38)18-9-5-4-6-10-18)19(16-32-25)27-36-37-28(40-27)21-11-7-8-14-31-21/h4-16,23,38H,17H2,1-3H3,(H2,32,33,34,35)/t23-/m1/s1. The maximum absolute atomic E-state index is 10.3. The van der Waals surface area contributed by atoms with E-state index in [0.717, 1.165) is 16.7 Å². The summed E-state index contributed by atoms with van der Waals surface area (Å²) in [5, 5.41) is 25.4. The van der Waals surface area contributed by atoms with E-state index in [1.165, 1.54) is 0 Å². The van der Waals surface area contributed by atoms with Gasteiger partial charge in [0.05, 0.1) is 35.2 Å². The molecule has 4 aromatic heterocycles. The van der Waals surface area contributed by atoms with Gasteiger partial charge in [-0.2, -0.15) is 0 Å². The Bertz CT molecular complexity index is 1650. The summed E-state index contributed by atoms with van der Waals surface area (Å²) in [6.07, 6.45) is 3.30. The van der Waals surface area contributed by atoms with Crippen LogP contribution in [0.5, 0.6) is 0 Å². The lowest BCUT2D eigenvalue weighted by atomic mass is 9.80. The first-order chi connectivity index (χ1) is 19.9. The van der Waals surface area contributed by atoms with Crippen LogP contribution >= 0.6 is 0 Å². The molecule has 0 bridgehead atoms. The molecule has 1 aliphatic heterocycles. The smallest absolute Gasteiger partial charge is 0.414 e. The quantitative estimate of drug-likeness (QED) is 0.229. The van der Waals surface area contributed by atoms with E-state index in [4.69, 9.17) is 18.7 Å². The van der Waals surface area contributed by atoms with E-state index < -0.39 is 18.8 Å². The maximum Gasteiger partial charge on any atom is 0.496 e. The lowest BCUT2D eigenvalue weighted by molar-refractivity contribution is 0.0895. The lowest BCUT2D eigenvalue weighted by Gasteiger charge is -2.21. The first kappa shape index (κ1) is 26.6. The van der Waals surface area contributed by atoms with E-state index in [-0.39, 0.29) is 18.4 Å². The molecule has 0 fully saturated rings. The van der Waals surface area contributed by atoms with Gasteiger partial charge in [0.1, 0.15) is 17.3 Å². The number of anilines is 3. The molecule has 206 valence electrons. The minimum absolute atomic E-state index is 0.139. The number of rotatable bonds is 9. The predicted molar refractivity (Wildman–Crippen MR) is 155 cm³/mol. The molecule has 11 nitrogen and oxygen atoms in total. The van der Waals surface area contributed by atoms with E-state index in [1.54, 1.807) is 25.6 Å². The Morgan fingerprint density at radius 2 is 1.78 bits per heavy atom. The summed E-state index contributed by atoms with van der Waals surface area (Å²) >= 11 is 0. The molecule has 12 heteroatoms. The van der Waals surface area contributed by atoms with E-state index in [0.29, 0.717) is 28.6 Å². The zero-order valence-corrected chi connectivity index (χ0v) is 22.8. The van der Waals surface area contributed by atoms with Gasteiger partial charge in [-0.25, -0.2) is 9.97 Å². The fourth-order valence-corrected chi connectivity index (χ4v) is 4.75. The fourth-order valence-electron chi connectivity index (χ4n) is 4.75. The molecule has 0 radical (unpaired) electrons. The highest BCUT2D eigenvalue weighted by Crippen LogP contribution is 2.34. The fraction of sp³-hybridized carbons (Fsp3) is 0.207. The van der Waals surface area contributed by atoms with Gasteiger partial charge in [0.2, 0.25) is 0 Å². The van der Waals surface area contributed by atoms with Crippen molar-refractivity contribution in [1.29, 1.82) is 0 Å². The molecular formula is C29H28BN7O4. The van der Waals surface area contributed by atoms with Gasteiger partial charge < -0.3 is 29.5 Å². The van der Waals surface area contributed by atoms with Gasteiger partial charge in [-0.3, -0.25) is 4.98 Å². The number of hydrogen-bond donors (Lipinski definition) is 3. The van der Waals surface area contributed by atoms with Crippen molar-refractivity contribution in [1.82, 2.24) is 25.1 Å². The Hall–Kier alpha value is -4.65. The first-order valence-corrected chi connectivity index (χ1v) is 13.1. The van der Waals surface area contributed by atoms with Crippen molar-refractivity contribution in [3.8, 4) is 23.0 Å². The largest absolute Gasteiger partial charge is 0.496 e. The SMILES string of the molecule is COB1OC(C)(C)c2nc(Nc3cc(N[C@H](CO)c4ccccc4)c(-c4nnc(-c5ccccn5)o4)cn3)ccc21. The van der Waals surface area contributed by atoms with Crippen LogP contribution in [0.2, 0.25) is 0 Å². The molecule has 0 aliphatic carbocycles. The Kier molecular flexibility index (Phi) is 7.18. The molecule has 0 saturated heterocycles. The van der Waals surface area contributed by atoms with Gasteiger partial charge in [0, 0.05) is 31.0 Å². The van der Waals surface area contributed by atoms with Crippen LogP contribution in [0.25, 0.3) is 23.0 Å². The van der Waals surface area contributed by atoms with Crippen LogP contribution in [0.3, 0.4) is 0 Å². The number of aliphatic hydroxyl groups excluding tert-OH is 1. The van der Waals surface area contributed by atoms with Crippen LogP contribution in [0.15, 0.2) is 83.5 Å². The molecule has 0 amide bonds. The second-order valence-corrected chi connectivity index (χ2v) is 9.99. The van der Waals surface area contributed by atoms with Crippen molar-refractivity contribution >= 4 is 29.9 Å². The van der Waals surface area contributed by atoms with Gasteiger partial charge >= 0.3 is 7.12 Å². The summed E-state index contributed by atoms with van der Waals surface area (Å²) in [7, 11) is 1.15. The normalized spacial score (nSPS) is 14.5. The minimum atomic E-state index is -0.606. The van der Waals surface area contributed by atoms with Gasteiger partial charge in [-0.1, -0.05) is 42.5 Å². The summed E-state index contributed by atoms with van der Waals surface area (Å²) in [4.78, 5) is 13.7. The minimum Gasteiger partial charge on any atom is -0.414 e. The number of hydrogen-bond acceptors (Lipinski definition) is 11. The van der Waals surface area contributed by atoms with Crippen LogP contribution in [0.4, 0.5) is 17.3 Å². The third kappa shape index (κ3) is 5.40. The highest BCUT2D eigenvalue weighted by Gasteiger charge is 2.43. The molecule has 1 aliphatic rings. The number of nitrogens with zero attached hydrogens (tertiary/aromatic N) is 5. The number of benzene rings is 1. The molecule has 1 atom stereocenters. The summed E-state index contributed by atoms with van der Waals surface area (Å²) < 4.78 is 17.5. The van der Waals surface area contributed by atoms with Gasteiger partial charge in [0.15, 0.2) is 0 Å². The monoisotopic (exact) mass is 549 g/mol. The number of aromatic nitrogens is 5. The van der Waals surface area contributed by atoms with Crippen molar-refractivity contribution < 1.29 is 18.8 Å². The molecule has 0 unspecified atom stereocenters. The second kappa shape index (κ2) is 11.1. The lowest BCUT2D eigenvalue weighted by Crippen LogP contribution is -2.31. The number of pyridine rings is 3. The van der Waals surface area contributed by atoms with Crippen molar-refractivity contribution in [2.24, 2.45) is 0 Å². The number of fused-ring (bicyclic) bond motifs is 1. The molecule has 5 aromatic rings. The average Bonchev–Trinajstić information content (AvgIpc) is 3.59. The molecule has 1 aromatic carbocycles. The van der Waals surface area contributed by atoms with Crippen LogP contribution in [0, 0.1) is 0 Å². The van der Waals surface area contributed by atoms with Crippen LogP contribution in [-0.2, 0) is 14.9 Å². The molecular weight excluding hydrogens is 521 g/mol. The average molecular weight is 549 g/mol. The Morgan fingerprint density at radius 3 is 2.54 bits per heavy atom. The molecule has 0 saturated carbocycles. The summed E-state index contributed by atoms with van der Waals surface area (Å²) in [6.45, 7) is 3.78. The highest BCUT2D eigenvalue weighted by molar-refractivity contribution is 6.63. The maximum atomic E-state index is 10.3. The van der Waals surface area contributed by atoms with Crippen LogP contribution < -0.4 is 16.1 Å². The Labute approximate surface area is 237 Å². The molecule has 6 rings (SSSR count). The van der Waals surface area contributed by atoms with Gasteiger partial charge in [-0.15, -0.1) is 10.2 Å². The first-order valence-electron chi connectivity index (χ1n) is 13.1. The third-order valence-electron chi connectivity index (χ3n) is 6.78. The zero-order chi connectivity index (χ0) is 28.4. The molecule has 5 heterocycles. The Balaban J connectivity index is 1.35. The predicted octanol–water partition coefficient (Wildman–Crippen LogP) is 4.08. The van der Waals surface area contributed by atoms with Crippen molar-refractivity contribution in [2.75, 3.05) is 24.4 Å². The molecule has 3 N–H and O–H groups in total. The van der Waals surface area contributed by atoms with Gasteiger partial charge in [-0.05, 0) is 37.6 Å². The number of nitrogens with one attached hydrogen (secondary N) is 2. The van der Waals surface area contributed by atoms with Crippen LogP contribution in [-0.4, -0.2) is 51.1 Å². The molecule has 41 heavy (non-hydrogen) atoms.